The normalized spacial score (nSPS) is 10.9. The third-order valence-corrected chi connectivity index (χ3v) is 4.04. The molecule has 21 heavy (non-hydrogen) atoms. The van der Waals surface area contributed by atoms with Crippen molar-refractivity contribution in [1.29, 1.82) is 0 Å². The molecule has 0 spiro atoms. The SMILES string of the molecule is CC(C)(C)c1ncc(COCCN)s1.Cc1ccccc1. The van der Waals surface area contributed by atoms with Gasteiger partial charge in [0.25, 0.3) is 0 Å². The third-order valence-electron chi connectivity index (χ3n) is 2.64. The molecule has 0 aliphatic heterocycles. The van der Waals surface area contributed by atoms with Crippen LogP contribution in [0.1, 0.15) is 36.2 Å². The van der Waals surface area contributed by atoms with Crippen molar-refractivity contribution >= 4 is 11.3 Å². The highest BCUT2D eigenvalue weighted by molar-refractivity contribution is 7.11. The van der Waals surface area contributed by atoms with E-state index in [1.807, 2.05) is 24.4 Å². The summed E-state index contributed by atoms with van der Waals surface area (Å²) in [4.78, 5) is 5.54. The maximum atomic E-state index is 5.34. The lowest BCUT2D eigenvalue weighted by Crippen LogP contribution is -2.09. The molecule has 0 unspecified atom stereocenters. The van der Waals surface area contributed by atoms with Crippen LogP contribution in [0.25, 0.3) is 0 Å². The molecule has 1 aromatic carbocycles. The summed E-state index contributed by atoms with van der Waals surface area (Å²) in [5.74, 6) is 0. The van der Waals surface area contributed by atoms with Gasteiger partial charge in [-0.2, -0.15) is 0 Å². The molecular weight excluding hydrogens is 280 g/mol. The predicted octanol–water partition coefficient (Wildman–Crippen LogP) is 3.91. The fraction of sp³-hybridized carbons (Fsp3) is 0.471. The van der Waals surface area contributed by atoms with E-state index in [4.69, 9.17) is 10.5 Å². The van der Waals surface area contributed by atoms with Gasteiger partial charge in [0.05, 0.1) is 23.1 Å². The highest BCUT2D eigenvalue weighted by atomic mass is 32.1. The summed E-state index contributed by atoms with van der Waals surface area (Å²) < 4.78 is 5.34. The minimum absolute atomic E-state index is 0.136. The smallest absolute Gasteiger partial charge is 0.0982 e. The van der Waals surface area contributed by atoms with Gasteiger partial charge in [-0.15, -0.1) is 11.3 Å². The largest absolute Gasteiger partial charge is 0.375 e. The number of nitrogens with zero attached hydrogens (tertiary/aromatic N) is 1. The zero-order valence-corrected chi connectivity index (χ0v) is 14.2. The maximum absolute atomic E-state index is 5.34. The molecule has 0 radical (unpaired) electrons. The van der Waals surface area contributed by atoms with E-state index in [0.29, 0.717) is 19.8 Å². The average molecular weight is 306 g/mol. The molecule has 1 heterocycles. The van der Waals surface area contributed by atoms with Crippen molar-refractivity contribution in [3.63, 3.8) is 0 Å². The van der Waals surface area contributed by atoms with Crippen LogP contribution >= 0.6 is 11.3 Å². The van der Waals surface area contributed by atoms with E-state index in [2.05, 4.69) is 44.8 Å². The molecule has 0 atom stereocenters. The molecule has 0 aliphatic rings. The Hall–Kier alpha value is -1.23. The number of ether oxygens (including phenoxy) is 1. The molecule has 0 saturated heterocycles. The Morgan fingerprint density at radius 3 is 2.29 bits per heavy atom. The molecule has 1 aromatic heterocycles. The molecule has 0 amide bonds. The van der Waals surface area contributed by atoms with Crippen LogP contribution in [0.4, 0.5) is 0 Å². The lowest BCUT2D eigenvalue weighted by Gasteiger charge is -2.13. The molecule has 2 N–H and O–H groups in total. The van der Waals surface area contributed by atoms with E-state index in [1.165, 1.54) is 10.4 Å². The first-order chi connectivity index (χ1) is 9.93. The number of nitrogens with two attached hydrogens (primary N) is 1. The topological polar surface area (TPSA) is 48.1 Å². The van der Waals surface area contributed by atoms with Crippen molar-refractivity contribution in [2.24, 2.45) is 5.73 Å². The number of hydrogen-bond donors (Lipinski definition) is 1. The van der Waals surface area contributed by atoms with Crippen LogP contribution in [-0.2, 0) is 16.8 Å². The highest BCUT2D eigenvalue weighted by Crippen LogP contribution is 2.26. The molecular formula is C17H26N2OS. The lowest BCUT2D eigenvalue weighted by atomic mass is 9.98. The molecule has 116 valence electrons. The molecule has 4 heteroatoms. The summed E-state index contributed by atoms with van der Waals surface area (Å²) in [6.07, 6.45) is 1.89. The van der Waals surface area contributed by atoms with Gasteiger partial charge in [-0.25, -0.2) is 4.98 Å². The Balaban J connectivity index is 0.000000262. The summed E-state index contributed by atoms with van der Waals surface area (Å²) in [6, 6.07) is 10.3. The van der Waals surface area contributed by atoms with E-state index in [9.17, 15) is 0 Å². The number of benzene rings is 1. The van der Waals surface area contributed by atoms with E-state index in [1.54, 1.807) is 11.3 Å². The Morgan fingerprint density at radius 2 is 1.86 bits per heavy atom. The zero-order valence-electron chi connectivity index (χ0n) is 13.4. The number of thiazole rings is 1. The van der Waals surface area contributed by atoms with Gasteiger partial charge in [0.1, 0.15) is 0 Å². The van der Waals surface area contributed by atoms with Crippen LogP contribution in [-0.4, -0.2) is 18.1 Å². The molecule has 2 rings (SSSR count). The van der Waals surface area contributed by atoms with Gasteiger partial charge < -0.3 is 10.5 Å². The fourth-order valence-corrected chi connectivity index (χ4v) is 2.42. The van der Waals surface area contributed by atoms with Crippen LogP contribution in [0.15, 0.2) is 36.5 Å². The van der Waals surface area contributed by atoms with E-state index >= 15 is 0 Å². The minimum Gasteiger partial charge on any atom is -0.375 e. The lowest BCUT2D eigenvalue weighted by molar-refractivity contribution is 0.130. The summed E-state index contributed by atoms with van der Waals surface area (Å²) in [6.45, 7) is 10.4. The van der Waals surface area contributed by atoms with E-state index in [0.717, 1.165) is 5.01 Å². The van der Waals surface area contributed by atoms with E-state index in [-0.39, 0.29) is 5.41 Å². The number of rotatable bonds is 4. The first-order valence-corrected chi connectivity index (χ1v) is 8.00. The van der Waals surface area contributed by atoms with Crippen molar-refractivity contribution in [3.8, 4) is 0 Å². The summed E-state index contributed by atoms with van der Waals surface area (Å²) in [5.41, 5.74) is 6.79. The van der Waals surface area contributed by atoms with Crippen LogP contribution < -0.4 is 5.73 Å². The zero-order chi connectivity index (χ0) is 15.7. The standard InChI is InChI=1S/C10H18N2OS.C7H8/c1-10(2,3)9-12-6-8(14-9)7-13-5-4-11;1-7-5-3-2-4-6-7/h6H,4-5,7,11H2,1-3H3;2-6H,1H3. The van der Waals surface area contributed by atoms with Crippen molar-refractivity contribution in [2.45, 2.75) is 39.7 Å². The number of hydrogen-bond acceptors (Lipinski definition) is 4. The van der Waals surface area contributed by atoms with Crippen molar-refractivity contribution < 1.29 is 4.74 Å². The fourth-order valence-electron chi connectivity index (χ4n) is 1.51. The van der Waals surface area contributed by atoms with Gasteiger partial charge in [-0.05, 0) is 6.92 Å². The molecule has 3 nitrogen and oxygen atoms in total. The van der Waals surface area contributed by atoms with Gasteiger partial charge in [-0.1, -0.05) is 56.7 Å². The molecule has 0 bridgehead atoms. The van der Waals surface area contributed by atoms with Crippen molar-refractivity contribution in [1.82, 2.24) is 4.98 Å². The number of aryl methyl sites for hydroxylation is 1. The first kappa shape index (κ1) is 17.8. The molecule has 2 aromatic rings. The first-order valence-electron chi connectivity index (χ1n) is 7.18. The molecule has 0 saturated carbocycles. The number of aromatic nitrogens is 1. The van der Waals surface area contributed by atoms with E-state index < -0.39 is 0 Å². The maximum Gasteiger partial charge on any atom is 0.0982 e. The van der Waals surface area contributed by atoms with Crippen molar-refractivity contribution in [2.75, 3.05) is 13.2 Å². The van der Waals surface area contributed by atoms with Crippen LogP contribution in [0.5, 0.6) is 0 Å². The summed E-state index contributed by atoms with van der Waals surface area (Å²) >= 11 is 1.71. The Bertz CT molecular complexity index is 503. The quantitative estimate of drug-likeness (QED) is 0.871. The Morgan fingerprint density at radius 1 is 1.19 bits per heavy atom. The second kappa shape index (κ2) is 8.93. The van der Waals surface area contributed by atoms with Gasteiger partial charge in [0, 0.05) is 18.2 Å². The molecule has 0 aliphatic carbocycles. The van der Waals surface area contributed by atoms with Crippen LogP contribution in [0.3, 0.4) is 0 Å². The van der Waals surface area contributed by atoms with Crippen LogP contribution in [0, 0.1) is 6.92 Å². The summed E-state index contributed by atoms with van der Waals surface area (Å²) in [5, 5.41) is 1.16. The van der Waals surface area contributed by atoms with Gasteiger partial charge in [0.2, 0.25) is 0 Å². The highest BCUT2D eigenvalue weighted by Gasteiger charge is 2.17. The second-order valence-corrected chi connectivity index (χ2v) is 6.99. The minimum atomic E-state index is 0.136. The van der Waals surface area contributed by atoms with Crippen molar-refractivity contribution in [3.05, 3.63) is 52.0 Å². The Kier molecular flexibility index (Phi) is 7.57. The predicted molar refractivity (Wildman–Crippen MR) is 90.7 cm³/mol. The second-order valence-electron chi connectivity index (χ2n) is 5.88. The molecule has 0 fully saturated rings. The average Bonchev–Trinajstić information content (AvgIpc) is 2.89. The van der Waals surface area contributed by atoms with Gasteiger partial charge >= 0.3 is 0 Å². The monoisotopic (exact) mass is 306 g/mol. The van der Waals surface area contributed by atoms with Gasteiger partial charge in [0.15, 0.2) is 0 Å². The summed E-state index contributed by atoms with van der Waals surface area (Å²) in [7, 11) is 0. The third kappa shape index (κ3) is 7.37. The Labute approximate surface area is 132 Å². The van der Waals surface area contributed by atoms with Crippen LogP contribution in [0.2, 0.25) is 0 Å². The van der Waals surface area contributed by atoms with Gasteiger partial charge in [-0.3, -0.25) is 0 Å².